The van der Waals surface area contributed by atoms with Gasteiger partial charge in [0, 0.05) is 16.7 Å². The fourth-order valence-corrected chi connectivity index (χ4v) is 6.35. The van der Waals surface area contributed by atoms with Gasteiger partial charge in [0.2, 0.25) is 0 Å². The first kappa shape index (κ1) is 56.7. The van der Waals surface area contributed by atoms with Gasteiger partial charge >= 0.3 is 52.9 Å². The average molecular weight is 1010 g/mol. The molecule has 0 unspecified atom stereocenters. The van der Waals surface area contributed by atoms with Crippen LogP contribution < -0.4 is 22.8 Å². The number of hydrogen-bond donors (Lipinski definition) is 1. The van der Waals surface area contributed by atoms with Gasteiger partial charge in [0.05, 0.1) is 17.1 Å². The van der Waals surface area contributed by atoms with Gasteiger partial charge in [-0.3, -0.25) is 0 Å². The molecule has 0 aliphatic heterocycles. The van der Waals surface area contributed by atoms with Crippen molar-refractivity contribution in [2.24, 2.45) is 5.73 Å². The van der Waals surface area contributed by atoms with Crippen LogP contribution in [-0.2, 0) is 57.2 Å². The fourth-order valence-electron chi connectivity index (χ4n) is 6.35. The maximum absolute atomic E-state index is 14.5. The van der Waals surface area contributed by atoms with Gasteiger partial charge in [0.1, 0.15) is 68.6 Å². The van der Waals surface area contributed by atoms with Gasteiger partial charge in [0.15, 0.2) is 0 Å². The van der Waals surface area contributed by atoms with Crippen molar-refractivity contribution in [3.63, 3.8) is 0 Å². The van der Waals surface area contributed by atoms with Crippen molar-refractivity contribution in [2.45, 2.75) is 41.5 Å². The summed E-state index contributed by atoms with van der Waals surface area (Å²) in [6.45, 7) is 17.4. The van der Waals surface area contributed by atoms with Crippen molar-refractivity contribution in [2.75, 3.05) is 39.6 Å². The average Bonchev–Trinajstić information content (AvgIpc) is 3.37. The van der Waals surface area contributed by atoms with Crippen molar-refractivity contribution in [3.05, 3.63) is 174 Å². The van der Waals surface area contributed by atoms with Crippen LogP contribution in [0.2, 0.25) is 0 Å². The molecule has 0 aliphatic rings. The molecule has 2 N–H and O–H groups in total. The Morgan fingerprint density at radius 3 is 0.892 bits per heavy atom. The van der Waals surface area contributed by atoms with E-state index in [1.165, 1.54) is 114 Å². The van der Waals surface area contributed by atoms with Crippen LogP contribution in [0.25, 0.3) is 33.8 Å². The molecule has 0 radical (unpaired) electrons. The highest BCUT2D eigenvalue weighted by Crippen LogP contribution is 2.23. The van der Waals surface area contributed by atoms with E-state index in [-0.39, 0.29) is 107 Å². The predicted molar refractivity (Wildman–Crippen MR) is 267 cm³/mol. The number of nitrogens with zero attached hydrogens (tertiary/aromatic N) is 5. The molecule has 0 amide bonds. The zero-order chi connectivity index (χ0) is 55.0. The lowest BCUT2D eigenvalue weighted by Gasteiger charge is -2.16. The first-order chi connectivity index (χ1) is 35.0. The van der Waals surface area contributed by atoms with Gasteiger partial charge in [-0.25, -0.2) is 56.9 Å². The lowest BCUT2D eigenvalue weighted by atomic mass is 10.0. The predicted octanol–water partition coefficient (Wildman–Crippen LogP) is 4.41. The normalized spacial score (nSPS) is 11.7. The summed E-state index contributed by atoms with van der Waals surface area (Å²) < 4.78 is 32.2. The van der Waals surface area contributed by atoms with Crippen LogP contribution in [0.4, 0.5) is 0 Å². The summed E-state index contributed by atoms with van der Waals surface area (Å²) in [6, 6.07) is 20.3. The molecular formula is C53H50N6O15. The number of nitriles is 2. The third-order valence-electron chi connectivity index (χ3n) is 10.5. The number of esters is 6. The third kappa shape index (κ3) is 13.9. The number of carbonyl (C=O) groups is 6. The van der Waals surface area contributed by atoms with Crippen molar-refractivity contribution < 1.29 is 57.2 Å². The molecule has 0 bridgehead atoms. The van der Waals surface area contributed by atoms with E-state index in [0.717, 1.165) is 0 Å². The molecular weight excluding hydrogens is 961 g/mol. The van der Waals surface area contributed by atoms with Crippen LogP contribution in [0.1, 0.15) is 58.2 Å². The minimum atomic E-state index is -1.13. The summed E-state index contributed by atoms with van der Waals surface area (Å²) in [5, 5.41) is 19.8. The molecule has 4 aromatic rings. The second kappa shape index (κ2) is 25.8. The highest BCUT2D eigenvalue weighted by Gasteiger charge is 2.23. The number of nitrogens with two attached hydrogens (primary N) is 1. The number of allylic oxidation sites excluding steroid dienone is 3. The van der Waals surface area contributed by atoms with Crippen molar-refractivity contribution >= 4 is 52.5 Å². The summed E-state index contributed by atoms with van der Waals surface area (Å²) in [4.78, 5) is 117. The lowest BCUT2D eigenvalue weighted by Crippen LogP contribution is -2.52. The number of ether oxygens (including phenoxy) is 6. The van der Waals surface area contributed by atoms with Crippen LogP contribution in [0.3, 0.4) is 0 Å². The number of rotatable bonds is 21. The highest BCUT2D eigenvalue weighted by molar-refractivity contribution is 6.02. The van der Waals surface area contributed by atoms with E-state index >= 15 is 0 Å². The molecule has 0 fully saturated rings. The monoisotopic (exact) mass is 1010 g/mol. The van der Waals surface area contributed by atoms with Crippen LogP contribution >= 0.6 is 0 Å². The molecule has 4 rings (SSSR count). The Bertz CT molecular complexity index is 3160. The standard InChI is InChI=1S/C53H50N6O15/c1-30(2)45(60)69-22-25-72-48(63)42(28-54)33(7)36-10-16-39(17-11-36)57-51(66)58(40-18-12-37(13-19-40)34(8)43(29-55)49(64)73-26-23-70-46(61)31(3)4)53(68)59(52(57)67)41-20-14-38(15-21-41)35(9)44(56)50(65)74-27-24-71-47(62)32(5)6/h10-21H,1,3,5,22-27,56H2,2,4,6-9H3/b42-33+,43-34+,44-35-. The van der Waals surface area contributed by atoms with E-state index in [1.807, 2.05) is 0 Å². The molecule has 382 valence electrons. The number of benzene rings is 3. The van der Waals surface area contributed by atoms with Gasteiger partial charge in [-0.05, 0) is 111 Å². The molecule has 21 heteroatoms. The summed E-state index contributed by atoms with van der Waals surface area (Å²) in [5.74, 6) is -4.98. The Morgan fingerprint density at radius 2 is 0.649 bits per heavy atom. The Labute approximate surface area is 423 Å². The molecule has 0 aliphatic carbocycles. The fraction of sp³-hybridized carbons (Fsp3) is 0.226. The SMILES string of the molecule is C=C(C)C(=O)OCCOC(=O)/C(N)=C(\C)c1ccc(-n2c(=O)n(-c3ccc(/C(C)=C(\C#N)C(=O)OCCOC(=O)C(=C)C)cc3)c(=O)n(-c3ccc(/C(C)=C(\C#N)C(=O)OCCOC(=O)C(=C)C)cc3)c2=O)cc1. The molecule has 0 atom stereocenters. The second-order valence-electron chi connectivity index (χ2n) is 15.9. The molecule has 3 aromatic carbocycles. The van der Waals surface area contributed by atoms with E-state index in [0.29, 0.717) is 30.4 Å². The Balaban J connectivity index is 1.80. The van der Waals surface area contributed by atoms with Gasteiger partial charge in [0.25, 0.3) is 0 Å². The molecule has 21 nitrogen and oxygen atoms in total. The van der Waals surface area contributed by atoms with E-state index in [4.69, 9.17) is 34.2 Å². The number of carbonyl (C=O) groups excluding carboxylic acids is 6. The van der Waals surface area contributed by atoms with E-state index in [1.54, 1.807) is 12.1 Å². The minimum Gasteiger partial charge on any atom is -0.459 e. The van der Waals surface area contributed by atoms with Crippen LogP contribution in [0, 0.1) is 22.7 Å². The first-order valence-corrected chi connectivity index (χ1v) is 22.1. The number of aromatic nitrogens is 3. The molecule has 1 heterocycles. The lowest BCUT2D eigenvalue weighted by molar-refractivity contribution is -0.147. The molecule has 0 saturated heterocycles. The third-order valence-corrected chi connectivity index (χ3v) is 10.5. The molecule has 0 saturated carbocycles. The summed E-state index contributed by atoms with van der Waals surface area (Å²) in [7, 11) is 0. The first-order valence-electron chi connectivity index (χ1n) is 22.1. The molecule has 0 spiro atoms. The van der Waals surface area contributed by atoms with Crippen molar-refractivity contribution in [1.82, 2.24) is 13.7 Å². The maximum atomic E-state index is 14.5. The van der Waals surface area contributed by atoms with Crippen molar-refractivity contribution in [3.8, 4) is 29.2 Å². The zero-order valence-corrected chi connectivity index (χ0v) is 41.2. The van der Waals surface area contributed by atoms with Crippen molar-refractivity contribution in [1.29, 1.82) is 10.5 Å². The van der Waals surface area contributed by atoms with E-state index in [9.17, 15) is 53.7 Å². The van der Waals surface area contributed by atoms with Gasteiger partial charge in [-0.15, -0.1) is 0 Å². The quantitative estimate of drug-likeness (QED) is 0.0397. The summed E-state index contributed by atoms with van der Waals surface area (Å²) in [5.41, 5.74) is 3.47. The highest BCUT2D eigenvalue weighted by atomic mass is 16.6. The van der Waals surface area contributed by atoms with Gasteiger partial charge in [-0.1, -0.05) is 56.1 Å². The Kier molecular flexibility index (Phi) is 19.8. The van der Waals surface area contributed by atoms with Crippen LogP contribution in [-0.4, -0.2) is 89.2 Å². The van der Waals surface area contributed by atoms with E-state index < -0.39 is 52.9 Å². The van der Waals surface area contributed by atoms with Crippen LogP contribution in [0.15, 0.2) is 140 Å². The Hall–Kier alpha value is -9.89. The summed E-state index contributed by atoms with van der Waals surface area (Å²) in [6.07, 6.45) is 0. The van der Waals surface area contributed by atoms with Gasteiger partial charge in [-0.2, -0.15) is 10.5 Å². The summed E-state index contributed by atoms with van der Waals surface area (Å²) >= 11 is 0. The molecule has 1 aromatic heterocycles. The largest absolute Gasteiger partial charge is 0.459 e. The minimum absolute atomic E-state index is 0.0385. The smallest absolute Gasteiger partial charge is 0.354 e. The topological polar surface area (TPSA) is 297 Å². The number of hydrogen-bond acceptors (Lipinski definition) is 18. The maximum Gasteiger partial charge on any atom is 0.354 e. The van der Waals surface area contributed by atoms with E-state index in [2.05, 4.69) is 19.7 Å². The second-order valence-corrected chi connectivity index (χ2v) is 15.9. The Morgan fingerprint density at radius 1 is 0.419 bits per heavy atom. The zero-order valence-electron chi connectivity index (χ0n) is 41.2. The van der Waals surface area contributed by atoms with Crippen LogP contribution in [0.5, 0.6) is 0 Å². The van der Waals surface area contributed by atoms with Gasteiger partial charge < -0.3 is 34.2 Å². The molecule has 74 heavy (non-hydrogen) atoms.